The summed E-state index contributed by atoms with van der Waals surface area (Å²) in [4.78, 5) is 38.8. The number of aryl methyl sites for hydroxylation is 1. The average molecular weight is 542 g/mol. The summed E-state index contributed by atoms with van der Waals surface area (Å²) in [6.45, 7) is 6.14. The Hall–Kier alpha value is -2.97. The van der Waals surface area contributed by atoms with Crippen molar-refractivity contribution < 1.29 is 28.6 Å². The Morgan fingerprint density at radius 1 is 1.14 bits per heavy atom. The van der Waals surface area contributed by atoms with Crippen molar-refractivity contribution in [1.82, 2.24) is 4.57 Å². The first-order valence-electron chi connectivity index (χ1n) is 11.7. The standard InChI is InChI=1S/C27H28BrNO6/c1-4-34-27(32)24-20(6-5-13-33-15-18-8-10-19(28)11-9-18)26(31)35-25-23(24)21-14-16(2)7-12-22(21)29(25)17(3)30/h7-12,14,20,24H,4-6,13,15H2,1-3H3/t20-,24+/m1/s1. The number of ether oxygens (including phenoxy) is 3. The van der Waals surface area contributed by atoms with Crippen molar-refractivity contribution in [2.75, 3.05) is 13.2 Å². The molecule has 8 heteroatoms. The molecule has 4 rings (SSSR count). The number of hydrogen-bond acceptors (Lipinski definition) is 6. The van der Waals surface area contributed by atoms with Gasteiger partial charge in [0, 0.05) is 29.0 Å². The van der Waals surface area contributed by atoms with Gasteiger partial charge in [0.2, 0.25) is 11.8 Å². The van der Waals surface area contributed by atoms with Crippen LogP contribution in [0.25, 0.3) is 10.9 Å². The van der Waals surface area contributed by atoms with Gasteiger partial charge in [-0.25, -0.2) is 4.57 Å². The third-order valence-electron chi connectivity index (χ3n) is 6.17. The van der Waals surface area contributed by atoms with Crippen LogP contribution in [-0.2, 0) is 25.7 Å². The fraction of sp³-hybridized carbons (Fsp3) is 0.370. The van der Waals surface area contributed by atoms with Crippen molar-refractivity contribution in [3.8, 4) is 5.88 Å². The Bertz CT molecular complexity index is 1260. The second kappa shape index (κ2) is 10.7. The summed E-state index contributed by atoms with van der Waals surface area (Å²) in [5.74, 6) is -2.80. The molecule has 7 nitrogen and oxygen atoms in total. The fourth-order valence-electron chi connectivity index (χ4n) is 4.60. The minimum atomic E-state index is -0.859. The van der Waals surface area contributed by atoms with Gasteiger partial charge in [0.05, 0.1) is 24.6 Å². The summed E-state index contributed by atoms with van der Waals surface area (Å²) in [7, 11) is 0. The second-order valence-electron chi connectivity index (χ2n) is 8.67. The quantitative estimate of drug-likeness (QED) is 0.274. The van der Waals surface area contributed by atoms with Crippen LogP contribution in [0.5, 0.6) is 5.88 Å². The smallest absolute Gasteiger partial charge is 0.316 e. The van der Waals surface area contributed by atoms with Crippen LogP contribution in [0, 0.1) is 12.8 Å². The van der Waals surface area contributed by atoms with Crippen LogP contribution in [0.3, 0.4) is 0 Å². The summed E-state index contributed by atoms with van der Waals surface area (Å²) in [6, 6.07) is 13.5. The topological polar surface area (TPSA) is 83.8 Å². The maximum absolute atomic E-state index is 13.2. The fourth-order valence-corrected chi connectivity index (χ4v) is 4.87. The van der Waals surface area contributed by atoms with Crippen LogP contribution in [0.2, 0.25) is 0 Å². The first-order chi connectivity index (χ1) is 16.8. The van der Waals surface area contributed by atoms with E-state index in [9.17, 15) is 14.4 Å². The van der Waals surface area contributed by atoms with Gasteiger partial charge in [0.1, 0.15) is 5.92 Å². The molecule has 3 aromatic rings. The van der Waals surface area contributed by atoms with Gasteiger partial charge in [-0.1, -0.05) is 39.7 Å². The zero-order valence-electron chi connectivity index (χ0n) is 20.0. The van der Waals surface area contributed by atoms with Crippen molar-refractivity contribution in [2.24, 2.45) is 5.92 Å². The lowest BCUT2D eigenvalue weighted by atomic mass is 9.81. The third-order valence-corrected chi connectivity index (χ3v) is 6.70. The second-order valence-corrected chi connectivity index (χ2v) is 9.59. The molecule has 0 N–H and O–H groups in total. The largest absolute Gasteiger partial charge is 0.465 e. The Kier molecular flexibility index (Phi) is 7.72. The minimum absolute atomic E-state index is 0.115. The van der Waals surface area contributed by atoms with Crippen LogP contribution < -0.4 is 4.74 Å². The Morgan fingerprint density at radius 2 is 1.89 bits per heavy atom. The molecule has 0 aliphatic carbocycles. The summed E-state index contributed by atoms with van der Waals surface area (Å²) >= 11 is 3.41. The number of esters is 2. The molecule has 0 amide bonds. The van der Waals surface area contributed by atoms with E-state index < -0.39 is 23.8 Å². The lowest BCUT2D eigenvalue weighted by Crippen LogP contribution is -2.37. The highest BCUT2D eigenvalue weighted by Crippen LogP contribution is 2.46. The average Bonchev–Trinajstić information content (AvgIpc) is 3.13. The highest BCUT2D eigenvalue weighted by Gasteiger charge is 2.46. The van der Waals surface area contributed by atoms with Gasteiger partial charge in [0.15, 0.2) is 0 Å². The van der Waals surface area contributed by atoms with E-state index in [4.69, 9.17) is 14.2 Å². The predicted octanol–water partition coefficient (Wildman–Crippen LogP) is 5.55. The van der Waals surface area contributed by atoms with Crippen LogP contribution >= 0.6 is 15.9 Å². The molecule has 0 bridgehead atoms. The van der Waals surface area contributed by atoms with Gasteiger partial charge >= 0.3 is 11.9 Å². The third kappa shape index (κ3) is 5.18. The molecule has 184 valence electrons. The monoisotopic (exact) mass is 541 g/mol. The van der Waals surface area contributed by atoms with Gasteiger partial charge in [-0.05, 0) is 56.5 Å². The van der Waals surface area contributed by atoms with Gasteiger partial charge < -0.3 is 14.2 Å². The van der Waals surface area contributed by atoms with Gasteiger partial charge in [-0.2, -0.15) is 0 Å². The molecule has 1 aliphatic rings. The maximum atomic E-state index is 13.2. The molecule has 0 spiro atoms. The first-order valence-corrected chi connectivity index (χ1v) is 12.5. The molecule has 0 unspecified atom stereocenters. The van der Waals surface area contributed by atoms with Crippen molar-refractivity contribution in [1.29, 1.82) is 0 Å². The minimum Gasteiger partial charge on any atom is -0.465 e. The first kappa shape index (κ1) is 25.1. The number of hydrogen-bond donors (Lipinski definition) is 0. The van der Waals surface area contributed by atoms with E-state index in [1.54, 1.807) is 6.92 Å². The summed E-state index contributed by atoms with van der Waals surface area (Å²) in [6.07, 6.45) is 0.951. The molecule has 1 aliphatic heterocycles. The summed E-state index contributed by atoms with van der Waals surface area (Å²) < 4.78 is 19.2. The van der Waals surface area contributed by atoms with Crippen molar-refractivity contribution in [3.05, 3.63) is 63.6 Å². The van der Waals surface area contributed by atoms with Crippen LogP contribution in [0.4, 0.5) is 0 Å². The van der Waals surface area contributed by atoms with E-state index in [1.165, 1.54) is 11.5 Å². The van der Waals surface area contributed by atoms with Crippen LogP contribution in [0.1, 0.15) is 54.1 Å². The predicted molar refractivity (Wildman–Crippen MR) is 135 cm³/mol. The normalized spacial score (nSPS) is 17.2. The molecule has 0 saturated heterocycles. The van der Waals surface area contributed by atoms with Gasteiger partial charge in [-0.15, -0.1) is 0 Å². The number of aromatic nitrogens is 1. The molecule has 0 fully saturated rings. The van der Waals surface area contributed by atoms with E-state index in [1.807, 2.05) is 49.4 Å². The highest BCUT2D eigenvalue weighted by molar-refractivity contribution is 9.10. The molecule has 0 radical (unpaired) electrons. The number of rotatable bonds is 8. The zero-order chi connectivity index (χ0) is 25.1. The molecule has 0 saturated carbocycles. The molecule has 1 aromatic heterocycles. The number of fused-ring (bicyclic) bond motifs is 3. The number of benzene rings is 2. The van der Waals surface area contributed by atoms with E-state index in [0.29, 0.717) is 37.1 Å². The molecule has 35 heavy (non-hydrogen) atoms. The van der Waals surface area contributed by atoms with Gasteiger partial charge in [-0.3, -0.25) is 14.4 Å². The lowest BCUT2D eigenvalue weighted by molar-refractivity contribution is -0.154. The van der Waals surface area contributed by atoms with Gasteiger partial charge in [0.25, 0.3) is 0 Å². The lowest BCUT2D eigenvalue weighted by Gasteiger charge is -2.29. The molecule has 2 heterocycles. The van der Waals surface area contributed by atoms with E-state index >= 15 is 0 Å². The van der Waals surface area contributed by atoms with E-state index in [0.717, 1.165) is 21.0 Å². The molecule has 2 aromatic carbocycles. The maximum Gasteiger partial charge on any atom is 0.316 e. The number of carbonyl (C=O) groups is 3. The highest BCUT2D eigenvalue weighted by atomic mass is 79.9. The van der Waals surface area contributed by atoms with E-state index in [2.05, 4.69) is 15.9 Å². The number of nitrogens with zero attached hydrogens (tertiary/aromatic N) is 1. The zero-order valence-corrected chi connectivity index (χ0v) is 21.6. The Labute approximate surface area is 212 Å². The summed E-state index contributed by atoms with van der Waals surface area (Å²) in [5, 5.41) is 0.720. The SMILES string of the molecule is CCOC(=O)[C@@H]1c2c(n(C(C)=O)c3ccc(C)cc23)OC(=O)[C@@H]1CCCOCc1ccc(Br)cc1. The van der Waals surface area contributed by atoms with Crippen molar-refractivity contribution in [2.45, 2.75) is 46.1 Å². The van der Waals surface area contributed by atoms with Crippen LogP contribution in [-0.4, -0.2) is 35.6 Å². The Balaban J connectivity index is 1.60. The number of carbonyl (C=O) groups excluding carboxylic acids is 3. The van der Waals surface area contributed by atoms with Crippen LogP contribution in [0.15, 0.2) is 46.9 Å². The molecular weight excluding hydrogens is 514 g/mol. The van der Waals surface area contributed by atoms with Crippen molar-refractivity contribution >= 4 is 44.7 Å². The molecular formula is C27H28BrNO6. The molecule has 2 atom stereocenters. The Morgan fingerprint density at radius 3 is 2.57 bits per heavy atom. The van der Waals surface area contributed by atoms with Crippen molar-refractivity contribution in [3.63, 3.8) is 0 Å². The van der Waals surface area contributed by atoms with E-state index in [-0.39, 0.29) is 18.4 Å². The summed E-state index contributed by atoms with van der Waals surface area (Å²) in [5.41, 5.74) is 3.16. The number of halogens is 1.